The third-order valence-electron chi connectivity index (χ3n) is 6.34. The van der Waals surface area contributed by atoms with Crippen LogP contribution >= 0.6 is 0 Å². The van der Waals surface area contributed by atoms with Gasteiger partial charge in [-0.2, -0.15) is 0 Å². The summed E-state index contributed by atoms with van der Waals surface area (Å²) in [5.74, 6) is 0.703. The van der Waals surface area contributed by atoms with Gasteiger partial charge in [-0.15, -0.1) is 0 Å². The van der Waals surface area contributed by atoms with Crippen LogP contribution in [0.1, 0.15) is 41.9 Å². The van der Waals surface area contributed by atoms with Crippen molar-refractivity contribution < 1.29 is 9.84 Å². The Bertz CT molecular complexity index is 905. The summed E-state index contributed by atoms with van der Waals surface area (Å²) in [6, 6.07) is 28.4. The summed E-state index contributed by atoms with van der Waals surface area (Å²) in [4.78, 5) is 2.51. The minimum atomic E-state index is -1.15. The second-order valence-electron chi connectivity index (χ2n) is 8.19. The lowest BCUT2D eigenvalue weighted by atomic mass is 9.72. The third kappa shape index (κ3) is 4.28. The lowest BCUT2D eigenvalue weighted by molar-refractivity contribution is 0.0310. The number of hydrogen-bond donors (Lipinski definition) is 1. The van der Waals surface area contributed by atoms with E-state index >= 15 is 0 Å². The molecular weight excluding hydrogens is 370 g/mol. The molecule has 30 heavy (non-hydrogen) atoms. The van der Waals surface area contributed by atoms with Gasteiger partial charge in [-0.1, -0.05) is 79.2 Å². The number of rotatable bonds is 7. The van der Waals surface area contributed by atoms with Gasteiger partial charge in [-0.05, 0) is 54.8 Å². The molecule has 4 rings (SSSR count). The largest absolute Gasteiger partial charge is 0.497 e. The Kier molecular flexibility index (Phi) is 6.51. The molecule has 0 aliphatic carbocycles. The number of benzene rings is 3. The van der Waals surface area contributed by atoms with Crippen molar-refractivity contribution in [3.8, 4) is 5.75 Å². The average Bonchev–Trinajstić information content (AvgIpc) is 2.84. The molecule has 0 unspecified atom stereocenters. The molecule has 1 aliphatic heterocycles. The second kappa shape index (κ2) is 9.46. The molecule has 0 saturated carbocycles. The van der Waals surface area contributed by atoms with E-state index in [0.717, 1.165) is 42.1 Å². The van der Waals surface area contributed by atoms with Crippen LogP contribution in [0.2, 0.25) is 0 Å². The summed E-state index contributed by atoms with van der Waals surface area (Å²) >= 11 is 0. The second-order valence-corrected chi connectivity index (χ2v) is 8.19. The van der Waals surface area contributed by atoms with Gasteiger partial charge in [0.05, 0.1) is 7.11 Å². The van der Waals surface area contributed by atoms with Gasteiger partial charge in [0.25, 0.3) is 0 Å². The molecule has 1 fully saturated rings. The lowest BCUT2D eigenvalue weighted by Crippen LogP contribution is -2.43. The molecular formula is C27H31NO2. The molecule has 156 valence electrons. The van der Waals surface area contributed by atoms with Crippen LogP contribution in [-0.2, 0) is 5.60 Å². The molecule has 0 amide bonds. The van der Waals surface area contributed by atoms with Crippen molar-refractivity contribution in [2.45, 2.75) is 30.8 Å². The predicted molar refractivity (Wildman–Crippen MR) is 122 cm³/mol. The van der Waals surface area contributed by atoms with Gasteiger partial charge in [0.15, 0.2) is 0 Å². The maximum absolute atomic E-state index is 12.5. The standard InChI is InChI=1S/C27H31NO2/c1-30-25-17-15-24(16-18-25)27(29,23-13-7-3-8-14-23)26(22-11-5-2-6-12-22)21-28-19-9-4-10-20-28/h2-3,5-8,11-18,26,29H,4,9-10,19-21H2,1H3/t26-,27+/m0/s1. The van der Waals surface area contributed by atoms with E-state index < -0.39 is 5.60 Å². The van der Waals surface area contributed by atoms with Crippen LogP contribution in [0.3, 0.4) is 0 Å². The van der Waals surface area contributed by atoms with E-state index in [0.29, 0.717) is 0 Å². The molecule has 0 spiro atoms. The number of nitrogens with zero attached hydrogens (tertiary/aromatic N) is 1. The fourth-order valence-corrected chi connectivity index (χ4v) is 4.67. The van der Waals surface area contributed by atoms with E-state index in [-0.39, 0.29) is 5.92 Å². The Hall–Kier alpha value is -2.62. The summed E-state index contributed by atoms with van der Waals surface area (Å²) in [6.45, 7) is 3.01. The molecule has 1 aliphatic rings. The van der Waals surface area contributed by atoms with E-state index in [1.807, 2.05) is 60.7 Å². The lowest BCUT2D eigenvalue weighted by Gasteiger charge is -2.41. The zero-order valence-corrected chi connectivity index (χ0v) is 17.7. The van der Waals surface area contributed by atoms with Crippen molar-refractivity contribution in [3.63, 3.8) is 0 Å². The van der Waals surface area contributed by atoms with Gasteiger partial charge >= 0.3 is 0 Å². The number of ether oxygens (including phenoxy) is 1. The van der Waals surface area contributed by atoms with E-state index in [2.05, 4.69) is 29.2 Å². The summed E-state index contributed by atoms with van der Waals surface area (Å²) in [5, 5.41) is 12.5. The molecule has 3 aromatic rings. The van der Waals surface area contributed by atoms with E-state index in [1.165, 1.54) is 19.3 Å². The fraction of sp³-hybridized carbons (Fsp3) is 0.333. The molecule has 1 heterocycles. The van der Waals surface area contributed by atoms with Gasteiger partial charge in [-0.25, -0.2) is 0 Å². The topological polar surface area (TPSA) is 32.7 Å². The van der Waals surface area contributed by atoms with Crippen molar-refractivity contribution >= 4 is 0 Å². The number of likely N-dealkylation sites (tertiary alicyclic amines) is 1. The first-order chi connectivity index (χ1) is 14.7. The highest BCUT2D eigenvalue weighted by Crippen LogP contribution is 2.43. The van der Waals surface area contributed by atoms with Gasteiger partial charge in [0.1, 0.15) is 11.4 Å². The zero-order valence-electron chi connectivity index (χ0n) is 17.7. The van der Waals surface area contributed by atoms with Crippen LogP contribution in [0.15, 0.2) is 84.9 Å². The molecule has 0 aromatic heterocycles. The van der Waals surface area contributed by atoms with Crippen molar-refractivity contribution in [2.75, 3.05) is 26.7 Å². The van der Waals surface area contributed by atoms with Crippen molar-refractivity contribution in [1.82, 2.24) is 4.90 Å². The Balaban J connectivity index is 1.83. The normalized spacial score (nSPS) is 17.8. The molecule has 3 aromatic carbocycles. The molecule has 3 nitrogen and oxygen atoms in total. The highest BCUT2D eigenvalue weighted by molar-refractivity contribution is 5.43. The van der Waals surface area contributed by atoms with Crippen LogP contribution in [0.4, 0.5) is 0 Å². The fourth-order valence-electron chi connectivity index (χ4n) is 4.67. The first-order valence-electron chi connectivity index (χ1n) is 10.9. The van der Waals surface area contributed by atoms with Crippen LogP contribution in [-0.4, -0.2) is 36.8 Å². The van der Waals surface area contributed by atoms with Crippen LogP contribution in [0, 0.1) is 0 Å². The molecule has 1 saturated heterocycles. The van der Waals surface area contributed by atoms with Gasteiger partial charge in [0, 0.05) is 12.5 Å². The van der Waals surface area contributed by atoms with Crippen LogP contribution < -0.4 is 4.74 Å². The SMILES string of the molecule is COc1ccc([C@](O)(c2ccccc2)[C@@H](CN2CCCCC2)c2ccccc2)cc1. The molecule has 0 bridgehead atoms. The predicted octanol–water partition coefficient (Wildman–Crippen LogP) is 5.20. The summed E-state index contributed by atoms with van der Waals surface area (Å²) in [5.41, 5.74) is 1.82. The maximum Gasteiger partial charge on any atom is 0.123 e. The van der Waals surface area contributed by atoms with Gasteiger partial charge in [0.2, 0.25) is 0 Å². The zero-order chi connectivity index (χ0) is 20.8. The van der Waals surface area contributed by atoms with Gasteiger partial charge in [-0.3, -0.25) is 0 Å². The quantitative estimate of drug-likeness (QED) is 0.591. The van der Waals surface area contributed by atoms with E-state index in [9.17, 15) is 5.11 Å². The van der Waals surface area contributed by atoms with Crippen LogP contribution in [0.25, 0.3) is 0 Å². The summed E-state index contributed by atoms with van der Waals surface area (Å²) in [7, 11) is 1.67. The third-order valence-corrected chi connectivity index (χ3v) is 6.34. The minimum absolute atomic E-state index is 0.0902. The minimum Gasteiger partial charge on any atom is -0.497 e. The van der Waals surface area contributed by atoms with E-state index in [4.69, 9.17) is 4.74 Å². The number of hydrogen-bond acceptors (Lipinski definition) is 3. The highest BCUT2D eigenvalue weighted by Gasteiger charge is 2.42. The average molecular weight is 402 g/mol. The molecule has 3 heteroatoms. The Morgan fingerprint density at radius 3 is 1.97 bits per heavy atom. The summed E-state index contributed by atoms with van der Waals surface area (Å²) in [6.07, 6.45) is 3.76. The molecule has 1 N–H and O–H groups in total. The molecule has 0 radical (unpaired) electrons. The number of aliphatic hydroxyl groups is 1. The maximum atomic E-state index is 12.5. The van der Waals surface area contributed by atoms with Crippen molar-refractivity contribution in [2.24, 2.45) is 0 Å². The first kappa shape index (κ1) is 20.6. The van der Waals surface area contributed by atoms with Crippen molar-refractivity contribution in [1.29, 1.82) is 0 Å². The monoisotopic (exact) mass is 401 g/mol. The first-order valence-corrected chi connectivity index (χ1v) is 10.9. The van der Waals surface area contributed by atoms with Gasteiger partial charge < -0.3 is 14.7 Å². The molecule has 2 atom stereocenters. The van der Waals surface area contributed by atoms with E-state index in [1.54, 1.807) is 7.11 Å². The number of piperidine rings is 1. The Morgan fingerprint density at radius 1 is 0.800 bits per heavy atom. The summed E-state index contributed by atoms with van der Waals surface area (Å²) < 4.78 is 5.36. The Morgan fingerprint density at radius 2 is 1.37 bits per heavy atom. The highest BCUT2D eigenvalue weighted by atomic mass is 16.5. The smallest absolute Gasteiger partial charge is 0.123 e. The van der Waals surface area contributed by atoms with Crippen molar-refractivity contribution in [3.05, 3.63) is 102 Å². The number of methoxy groups -OCH3 is 1. The Labute approximate surface area is 179 Å². The van der Waals surface area contributed by atoms with Crippen LogP contribution in [0.5, 0.6) is 5.75 Å².